The highest BCUT2D eigenvalue weighted by Crippen LogP contribution is 2.31. The molecular weight excluding hydrogens is 376 g/mol. The van der Waals surface area contributed by atoms with E-state index in [2.05, 4.69) is 15.2 Å². The van der Waals surface area contributed by atoms with E-state index in [0.29, 0.717) is 36.9 Å². The Morgan fingerprint density at radius 3 is 2.76 bits per heavy atom. The maximum absolute atomic E-state index is 15.0. The Morgan fingerprint density at radius 2 is 2.03 bits per heavy atom. The first-order chi connectivity index (χ1) is 14.1. The molecule has 6 nitrogen and oxygen atoms in total. The fourth-order valence-electron chi connectivity index (χ4n) is 3.62. The number of piperidine rings is 1. The van der Waals surface area contributed by atoms with Crippen molar-refractivity contribution in [2.75, 3.05) is 11.4 Å². The second-order valence-electron chi connectivity index (χ2n) is 6.93. The Balaban J connectivity index is 1.56. The van der Waals surface area contributed by atoms with Gasteiger partial charge in [-0.15, -0.1) is 0 Å². The van der Waals surface area contributed by atoms with Crippen LogP contribution in [0.1, 0.15) is 24.0 Å². The van der Waals surface area contributed by atoms with Crippen molar-refractivity contribution in [3.05, 3.63) is 65.5 Å². The van der Waals surface area contributed by atoms with Crippen molar-refractivity contribution in [2.45, 2.75) is 19.3 Å². The standard InChI is InChI=1S/C21H17F2N5O/c22-17-11-13(3-4-16(17)12-24)10-15-2-1-9-28(21(15)29)20-18(23)19(26-27-20)14-5-7-25-8-6-14/h3-8,11,15H,1-2,9-10H2,(H,26,27)/t15-/m0/s1. The number of benzene rings is 1. The number of pyridine rings is 1. The topological polar surface area (TPSA) is 85.7 Å². The molecule has 1 fully saturated rings. The van der Waals surface area contributed by atoms with Crippen LogP contribution in [0.3, 0.4) is 0 Å². The average Bonchev–Trinajstić information content (AvgIpc) is 3.11. The molecule has 1 saturated heterocycles. The fraction of sp³-hybridized carbons (Fsp3) is 0.238. The van der Waals surface area contributed by atoms with Gasteiger partial charge in [0.1, 0.15) is 17.6 Å². The molecule has 3 heterocycles. The number of hydrogen-bond acceptors (Lipinski definition) is 4. The molecule has 8 heteroatoms. The Morgan fingerprint density at radius 1 is 1.24 bits per heavy atom. The van der Waals surface area contributed by atoms with Gasteiger partial charge in [0.25, 0.3) is 0 Å². The number of aromatic nitrogens is 3. The number of rotatable bonds is 4. The summed E-state index contributed by atoms with van der Waals surface area (Å²) in [5, 5.41) is 15.5. The predicted octanol–water partition coefficient (Wildman–Crippen LogP) is 3.61. The highest BCUT2D eigenvalue weighted by Gasteiger charge is 2.33. The summed E-state index contributed by atoms with van der Waals surface area (Å²) in [6.45, 7) is 0.370. The van der Waals surface area contributed by atoms with E-state index < -0.39 is 17.6 Å². The molecular formula is C21H17F2N5O. The number of nitrogens with one attached hydrogen (secondary N) is 1. The maximum atomic E-state index is 15.0. The molecule has 146 valence electrons. The number of nitriles is 1. The molecule has 1 aromatic carbocycles. The summed E-state index contributed by atoms with van der Waals surface area (Å²) in [5.74, 6) is -1.87. The molecule has 3 aromatic rings. The zero-order chi connectivity index (χ0) is 20.4. The van der Waals surface area contributed by atoms with E-state index in [1.165, 1.54) is 17.0 Å². The molecule has 0 radical (unpaired) electrons. The van der Waals surface area contributed by atoms with E-state index >= 15 is 0 Å². The maximum Gasteiger partial charge on any atom is 0.231 e. The van der Waals surface area contributed by atoms with Crippen molar-refractivity contribution in [1.29, 1.82) is 5.26 Å². The first-order valence-corrected chi connectivity index (χ1v) is 9.22. The molecule has 0 bridgehead atoms. The summed E-state index contributed by atoms with van der Waals surface area (Å²) >= 11 is 0. The molecule has 1 amide bonds. The molecule has 4 rings (SSSR count). The minimum atomic E-state index is -0.606. The Hall–Kier alpha value is -3.60. The van der Waals surface area contributed by atoms with E-state index in [9.17, 15) is 13.6 Å². The largest absolute Gasteiger partial charge is 0.293 e. The molecule has 2 aromatic heterocycles. The quantitative estimate of drug-likeness (QED) is 0.734. The van der Waals surface area contributed by atoms with Gasteiger partial charge >= 0.3 is 0 Å². The predicted molar refractivity (Wildman–Crippen MR) is 102 cm³/mol. The van der Waals surface area contributed by atoms with Gasteiger partial charge in [-0.3, -0.25) is 19.8 Å². The van der Waals surface area contributed by atoms with Crippen LogP contribution in [0.15, 0.2) is 42.7 Å². The Labute approximate surface area is 165 Å². The molecule has 0 saturated carbocycles. The first-order valence-electron chi connectivity index (χ1n) is 9.22. The van der Waals surface area contributed by atoms with Crippen molar-refractivity contribution < 1.29 is 13.6 Å². The Bertz CT molecular complexity index is 1090. The van der Waals surface area contributed by atoms with Crippen molar-refractivity contribution >= 4 is 11.7 Å². The molecule has 0 spiro atoms. The van der Waals surface area contributed by atoms with Crippen LogP contribution in [0.2, 0.25) is 0 Å². The number of hydrogen-bond donors (Lipinski definition) is 1. The lowest BCUT2D eigenvalue weighted by molar-refractivity contribution is -0.123. The minimum Gasteiger partial charge on any atom is -0.293 e. The number of carbonyl (C=O) groups excluding carboxylic acids is 1. The molecule has 0 aliphatic carbocycles. The van der Waals surface area contributed by atoms with Gasteiger partial charge in [0.05, 0.1) is 5.56 Å². The van der Waals surface area contributed by atoms with Gasteiger partial charge in [-0.05, 0) is 49.1 Å². The van der Waals surface area contributed by atoms with Crippen LogP contribution < -0.4 is 4.90 Å². The van der Waals surface area contributed by atoms with Crippen LogP contribution >= 0.6 is 0 Å². The second-order valence-corrected chi connectivity index (χ2v) is 6.93. The van der Waals surface area contributed by atoms with Crippen LogP contribution in [-0.2, 0) is 11.2 Å². The third-order valence-corrected chi connectivity index (χ3v) is 5.10. The van der Waals surface area contributed by atoms with Crippen molar-refractivity contribution in [3.63, 3.8) is 0 Å². The Kier molecular flexibility index (Phi) is 5.04. The lowest BCUT2D eigenvalue weighted by Crippen LogP contribution is -2.42. The van der Waals surface area contributed by atoms with Crippen LogP contribution in [0.25, 0.3) is 11.3 Å². The van der Waals surface area contributed by atoms with Crippen molar-refractivity contribution in [1.82, 2.24) is 15.2 Å². The number of nitrogens with zero attached hydrogens (tertiary/aromatic N) is 4. The zero-order valence-electron chi connectivity index (χ0n) is 15.4. The number of carbonyl (C=O) groups is 1. The monoisotopic (exact) mass is 393 g/mol. The van der Waals surface area contributed by atoms with Crippen LogP contribution in [0.5, 0.6) is 0 Å². The molecule has 1 aliphatic heterocycles. The van der Waals surface area contributed by atoms with Crippen LogP contribution in [-0.4, -0.2) is 27.6 Å². The third kappa shape index (κ3) is 3.59. The smallest absolute Gasteiger partial charge is 0.231 e. The first kappa shape index (κ1) is 18.7. The molecule has 1 aliphatic rings. The summed E-state index contributed by atoms with van der Waals surface area (Å²) < 4.78 is 28.9. The van der Waals surface area contributed by atoms with Crippen molar-refractivity contribution in [2.24, 2.45) is 5.92 Å². The highest BCUT2D eigenvalue weighted by molar-refractivity contribution is 5.95. The van der Waals surface area contributed by atoms with E-state index in [1.807, 2.05) is 0 Å². The van der Waals surface area contributed by atoms with Crippen LogP contribution in [0, 0.1) is 28.9 Å². The number of H-pyrrole nitrogens is 1. The molecule has 0 unspecified atom stereocenters. The number of amides is 1. The molecule has 1 N–H and O–H groups in total. The van der Waals surface area contributed by atoms with E-state index in [0.717, 1.165) is 0 Å². The lowest BCUT2D eigenvalue weighted by Gasteiger charge is -2.30. The van der Waals surface area contributed by atoms with Gasteiger partial charge in [0.2, 0.25) is 5.91 Å². The average molecular weight is 393 g/mol. The van der Waals surface area contributed by atoms with Gasteiger partial charge < -0.3 is 0 Å². The van der Waals surface area contributed by atoms with E-state index in [-0.39, 0.29) is 23.0 Å². The van der Waals surface area contributed by atoms with Crippen molar-refractivity contribution in [3.8, 4) is 17.3 Å². The van der Waals surface area contributed by atoms with Gasteiger partial charge in [-0.25, -0.2) is 8.78 Å². The van der Waals surface area contributed by atoms with Gasteiger partial charge in [-0.2, -0.15) is 10.4 Å². The summed E-state index contributed by atoms with van der Waals surface area (Å²) in [6.07, 6.45) is 4.73. The number of halogens is 2. The minimum absolute atomic E-state index is 0.0301. The summed E-state index contributed by atoms with van der Waals surface area (Å²) in [4.78, 5) is 18.2. The van der Waals surface area contributed by atoms with Gasteiger partial charge in [0, 0.05) is 30.4 Å². The van der Waals surface area contributed by atoms with Crippen LogP contribution in [0.4, 0.5) is 14.6 Å². The lowest BCUT2D eigenvalue weighted by atomic mass is 9.90. The summed E-state index contributed by atoms with van der Waals surface area (Å²) in [6, 6.07) is 9.41. The number of aromatic amines is 1. The van der Waals surface area contributed by atoms with E-state index in [1.54, 1.807) is 36.7 Å². The van der Waals surface area contributed by atoms with E-state index in [4.69, 9.17) is 5.26 Å². The second kappa shape index (κ2) is 7.80. The van der Waals surface area contributed by atoms with Gasteiger partial charge in [0.15, 0.2) is 11.6 Å². The highest BCUT2D eigenvalue weighted by atomic mass is 19.1. The number of anilines is 1. The zero-order valence-corrected chi connectivity index (χ0v) is 15.4. The normalized spacial score (nSPS) is 16.7. The molecule has 29 heavy (non-hydrogen) atoms. The SMILES string of the molecule is N#Cc1ccc(C[C@@H]2CCCN(c3n[nH]c(-c4ccncc4)c3F)C2=O)cc1F. The van der Waals surface area contributed by atoms with Gasteiger partial charge in [-0.1, -0.05) is 6.07 Å². The molecule has 1 atom stereocenters. The fourth-order valence-corrected chi connectivity index (χ4v) is 3.62. The third-order valence-electron chi connectivity index (χ3n) is 5.10. The summed E-state index contributed by atoms with van der Waals surface area (Å²) in [7, 11) is 0. The summed E-state index contributed by atoms with van der Waals surface area (Å²) in [5.41, 5.74) is 1.38.